The maximum atomic E-state index is 13.0. The summed E-state index contributed by atoms with van der Waals surface area (Å²) < 4.78 is 13.9. The van der Waals surface area contributed by atoms with Gasteiger partial charge >= 0.3 is 0 Å². The van der Waals surface area contributed by atoms with E-state index in [9.17, 15) is 4.39 Å². The lowest BCUT2D eigenvalue weighted by Crippen LogP contribution is -2.57. The molecule has 0 bridgehead atoms. The van der Waals surface area contributed by atoms with Gasteiger partial charge in [0.05, 0.1) is 0 Å². The Morgan fingerprint density at radius 1 is 1.47 bits per heavy atom. The highest BCUT2D eigenvalue weighted by atomic mass is 79.9. The summed E-state index contributed by atoms with van der Waals surface area (Å²) in [4.78, 5) is 2.47. The van der Waals surface area contributed by atoms with Gasteiger partial charge in [0.2, 0.25) is 0 Å². The third-order valence-corrected chi connectivity index (χ3v) is 3.91. The molecule has 4 heteroatoms. The summed E-state index contributed by atoms with van der Waals surface area (Å²) in [5.41, 5.74) is 1.16. The summed E-state index contributed by atoms with van der Waals surface area (Å²) in [6, 6.07) is 5.57. The van der Waals surface area contributed by atoms with Gasteiger partial charge in [0.1, 0.15) is 5.82 Å². The number of halogens is 2. The van der Waals surface area contributed by atoms with Crippen molar-refractivity contribution in [3.8, 4) is 0 Å². The molecule has 2 rings (SSSR count). The van der Waals surface area contributed by atoms with E-state index in [4.69, 9.17) is 0 Å². The van der Waals surface area contributed by atoms with Crippen molar-refractivity contribution < 1.29 is 4.39 Å². The second kappa shape index (κ2) is 5.94. The molecule has 0 spiro atoms. The van der Waals surface area contributed by atoms with Crippen molar-refractivity contribution in [3.63, 3.8) is 0 Å². The van der Waals surface area contributed by atoms with Gasteiger partial charge in [-0.2, -0.15) is 0 Å². The predicted molar refractivity (Wildman–Crippen MR) is 71.5 cm³/mol. The molecule has 0 aliphatic carbocycles. The van der Waals surface area contributed by atoms with Crippen LogP contribution < -0.4 is 5.32 Å². The lowest BCUT2D eigenvalue weighted by Gasteiger charge is -2.38. The molecule has 1 N–H and O–H groups in total. The zero-order chi connectivity index (χ0) is 12.3. The number of benzene rings is 1. The quantitative estimate of drug-likeness (QED) is 0.899. The molecular formula is C13H18BrFN2. The SMILES string of the molecule is CCCN(Cc1ccc(F)cc1Br)C1CNC1. The molecular weight excluding hydrogens is 283 g/mol. The van der Waals surface area contributed by atoms with E-state index in [2.05, 4.69) is 33.1 Å². The van der Waals surface area contributed by atoms with Gasteiger partial charge in [0.25, 0.3) is 0 Å². The van der Waals surface area contributed by atoms with Gasteiger partial charge in [-0.05, 0) is 30.7 Å². The highest BCUT2D eigenvalue weighted by molar-refractivity contribution is 9.10. The molecule has 17 heavy (non-hydrogen) atoms. The second-order valence-electron chi connectivity index (χ2n) is 4.52. The summed E-state index contributed by atoms with van der Waals surface area (Å²) in [7, 11) is 0. The second-order valence-corrected chi connectivity index (χ2v) is 5.37. The van der Waals surface area contributed by atoms with Gasteiger partial charge in [0.15, 0.2) is 0 Å². The van der Waals surface area contributed by atoms with Crippen LogP contribution in [0.3, 0.4) is 0 Å². The first-order chi connectivity index (χ1) is 8.20. The van der Waals surface area contributed by atoms with Crippen molar-refractivity contribution in [1.82, 2.24) is 10.2 Å². The number of nitrogens with one attached hydrogen (secondary N) is 1. The van der Waals surface area contributed by atoms with Crippen molar-refractivity contribution in [2.24, 2.45) is 0 Å². The van der Waals surface area contributed by atoms with Gasteiger partial charge in [-0.15, -0.1) is 0 Å². The molecule has 0 amide bonds. The van der Waals surface area contributed by atoms with Crippen LogP contribution in [-0.4, -0.2) is 30.6 Å². The Labute approximate surface area is 110 Å². The van der Waals surface area contributed by atoms with E-state index in [0.29, 0.717) is 6.04 Å². The normalized spacial score (nSPS) is 16.2. The van der Waals surface area contributed by atoms with Crippen LogP contribution in [0.15, 0.2) is 22.7 Å². The first kappa shape index (κ1) is 13.0. The molecule has 2 nitrogen and oxygen atoms in total. The highest BCUT2D eigenvalue weighted by Gasteiger charge is 2.24. The maximum Gasteiger partial charge on any atom is 0.124 e. The third kappa shape index (κ3) is 3.27. The molecule has 1 aliphatic rings. The van der Waals surface area contributed by atoms with E-state index in [1.807, 2.05) is 6.07 Å². The largest absolute Gasteiger partial charge is 0.314 e. The van der Waals surface area contributed by atoms with Crippen molar-refractivity contribution in [1.29, 1.82) is 0 Å². The molecule has 0 aromatic heterocycles. The number of hydrogen-bond acceptors (Lipinski definition) is 2. The number of hydrogen-bond donors (Lipinski definition) is 1. The molecule has 0 unspecified atom stereocenters. The Morgan fingerprint density at radius 2 is 2.24 bits per heavy atom. The van der Waals surface area contributed by atoms with Crippen LogP contribution in [0, 0.1) is 5.82 Å². The van der Waals surface area contributed by atoms with E-state index >= 15 is 0 Å². The average molecular weight is 301 g/mol. The Hall–Kier alpha value is -0.450. The monoisotopic (exact) mass is 300 g/mol. The summed E-state index contributed by atoms with van der Waals surface area (Å²) in [6.07, 6.45) is 1.15. The summed E-state index contributed by atoms with van der Waals surface area (Å²) >= 11 is 3.43. The molecule has 0 saturated carbocycles. The summed E-state index contributed by atoms with van der Waals surface area (Å²) in [5, 5.41) is 3.30. The van der Waals surface area contributed by atoms with Gasteiger partial charge in [-0.3, -0.25) is 4.90 Å². The Morgan fingerprint density at radius 3 is 2.76 bits per heavy atom. The van der Waals surface area contributed by atoms with E-state index in [0.717, 1.165) is 42.6 Å². The molecule has 1 fully saturated rings. The predicted octanol–water partition coefficient (Wildman–Crippen LogP) is 2.77. The van der Waals surface area contributed by atoms with E-state index in [1.165, 1.54) is 6.07 Å². The molecule has 94 valence electrons. The Bertz CT molecular complexity index is 380. The average Bonchev–Trinajstić information content (AvgIpc) is 2.20. The molecule has 0 radical (unpaired) electrons. The van der Waals surface area contributed by atoms with Gasteiger partial charge in [-0.25, -0.2) is 4.39 Å². The van der Waals surface area contributed by atoms with Crippen molar-refractivity contribution in [2.75, 3.05) is 19.6 Å². The topological polar surface area (TPSA) is 15.3 Å². The minimum absolute atomic E-state index is 0.187. The van der Waals surface area contributed by atoms with Crippen molar-refractivity contribution in [3.05, 3.63) is 34.1 Å². The van der Waals surface area contributed by atoms with Crippen LogP contribution in [0.1, 0.15) is 18.9 Å². The highest BCUT2D eigenvalue weighted by Crippen LogP contribution is 2.21. The van der Waals surface area contributed by atoms with E-state index in [-0.39, 0.29) is 5.82 Å². The zero-order valence-corrected chi connectivity index (χ0v) is 11.6. The molecule has 1 saturated heterocycles. The van der Waals surface area contributed by atoms with Crippen LogP contribution >= 0.6 is 15.9 Å². The standard InChI is InChI=1S/C13H18BrFN2/c1-2-5-17(12-7-16-8-12)9-10-3-4-11(15)6-13(10)14/h3-4,6,12,16H,2,5,7-9H2,1H3. The fourth-order valence-electron chi connectivity index (χ4n) is 2.08. The van der Waals surface area contributed by atoms with E-state index < -0.39 is 0 Å². The lowest BCUT2D eigenvalue weighted by atomic mass is 10.1. The first-order valence-electron chi connectivity index (χ1n) is 6.09. The van der Waals surface area contributed by atoms with E-state index in [1.54, 1.807) is 6.07 Å². The molecule has 1 aliphatic heterocycles. The van der Waals surface area contributed by atoms with Gasteiger partial charge < -0.3 is 5.32 Å². The van der Waals surface area contributed by atoms with Crippen LogP contribution in [-0.2, 0) is 6.54 Å². The smallest absolute Gasteiger partial charge is 0.124 e. The molecule has 1 aromatic rings. The maximum absolute atomic E-state index is 13.0. The molecule has 0 atom stereocenters. The van der Waals surface area contributed by atoms with Crippen LogP contribution in [0.2, 0.25) is 0 Å². The Balaban J connectivity index is 2.05. The van der Waals surface area contributed by atoms with Crippen LogP contribution in [0.5, 0.6) is 0 Å². The fourth-order valence-corrected chi connectivity index (χ4v) is 2.55. The number of nitrogens with zero attached hydrogens (tertiary/aromatic N) is 1. The fraction of sp³-hybridized carbons (Fsp3) is 0.538. The molecule has 1 aromatic carbocycles. The minimum Gasteiger partial charge on any atom is -0.314 e. The number of rotatable bonds is 5. The minimum atomic E-state index is -0.187. The summed E-state index contributed by atoms with van der Waals surface area (Å²) in [5.74, 6) is -0.187. The first-order valence-corrected chi connectivity index (χ1v) is 6.88. The van der Waals surface area contributed by atoms with Crippen LogP contribution in [0.25, 0.3) is 0 Å². The van der Waals surface area contributed by atoms with Gasteiger partial charge in [-0.1, -0.05) is 28.9 Å². The molecule has 1 heterocycles. The Kier molecular flexibility index (Phi) is 4.54. The van der Waals surface area contributed by atoms with Crippen LogP contribution in [0.4, 0.5) is 4.39 Å². The lowest BCUT2D eigenvalue weighted by molar-refractivity contribution is 0.137. The van der Waals surface area contributed by atoms with Crippen molar-refractivity contribution in [2.45, 2.75) is 25.9 Å². The third-order valence-electron chi connectivity index (χ3n) is 3.18. The summed E-state index contributed by atoms with van der Waals surface area (Å²) in [6.45, 7) is 6.31. The van der Waals surface area contributed by atoms with Crippen molar-refractivity contribution >= 4 is 15.9 Å². The zero-order valence-electron chi connectivity index (χ0n) is 10.0. The van der Waals surface area contributed by atoms with Gasteiger partial charge in [0, 0.05) is 30.1 Å².